The predicted octanol–water partition coefficient (Wildman–Crippen LogP) is 4.75. The van der Waals surface area contributed by atoms with Crippen LogP contribution in [0.15, 0.2) is 46.9 Å². The summed E-state index contributed by atoms with van der Waals surface area (Å²) in [6.45, 7) is 2.15. The molecule has 0 radical (unpaired) electrons. The summed E-state index contributed by atoms with van der Waals surface area (Å²) < 4.78 is 1.19. The van der Waals surface area contributed by atoms with E-state index in [4.69, 9.17) is 0 Å². The second-order valence-corrected chi connectivity index (χ2v) is 6.54. The average Bonchev–Trinajstić information content (AvgIpc) is 2.44. The highest BCUT2D eigenvalue weighted by molar-refractivity contribution is 9.10. The lowest BCUT2D eigenvalue weighted by Crippen LogP contribution is -2.25. The summed E-state index contributed by atoms with van der Waals surface area (Å²) in [5.41, 5.74) is 5.76. The van der Waals surface area contributed by atoms with Gasteiger partial charge < -0.3 is 5.32 Å². The lowest BCUT2D eigenvalue weighted by atomic mass is 9.74. The molecule has 1 N–H and O–H groups in total. The summed E-state index contributed by atoms with van der Waals surface area (Å²) >= 11 is 3.58. The molecular weight excluding hydrogens is 310 g/mol. The highest BCUT2D eigenvalue weighted by atomic mass is 79.9. The maximum atomic E-state index is 3.58. The molecule has 1 aliphatic rings. The van der Waals surface area contributed by atoms with Crippen molar-refractivity contribution in [2.24, 2.45) is 0 Å². The quantitative estimate of drug-likeness (QED) is 0.853. The molecular formula is C18H20BrN. The molecule has 0 heterocycles. The van der Waals surface area contributed by atoms with E-state index in [1.54, 1.807) is 5.56 Å². The maximum Gasteiger partial charge on any atom is 0.0323 e. The molecule has 0 fully saturated rings. The van der Waals surface area contributed by atoms with E-state index in [-0.39, 0.29) is 0 Å². The van der Waals surface area contributed by atoms with Crippen molar-refractivity contribution in [3.8, 4) is 0 Å². The van der Waals surface area contributed by atoms with Crippen LogP contribution in [-0.2, 0) is 6.42 Å². The van der Waals surface area contributed by atoms with Gasteiger partial charge in [0.1, 0.15) is 0 Å². The van der Waals surface area contributed by atoms with Gasteiger partial charge >= 0.3 is 0 Å². The minimum absolute atomic E-state index is 0.431. The predicted molar refractivity (Wildman–Crippen MR) is 88.2 cm³/mol. The van der Waals surface area contributed by atoms with Gasteiger partial charge in [0.15, 0.2) is 0 Å². The number of rotatable bonds is 4. The summed E-state index contributed by atoms with van der Waals surface area (Å²) in [5, 5.41) is 3.48. The van der Waals surface area contributed by atoms with Gasteiger partial charge in [0.05, 0.1) is 0 Å². The standard InChI is InChI=1S/C18H20BrN/c1-12-9-14(7-8-17(12)19)18(20-2)11-15-10-13-5-3-4-6-16(13)15/h3-9,15,18,20H,10-11H2,1-2H3. The van der Waals surface area contributed by atoms with Gasteiger partial charge in [0.25, 0.3) is 0 Å². The fourth-order valence-corrected chi connectivity index (χ4v) is 3.41. The van der Waals surface area contributed by atoms with Gasteiger partial charge in [0, 0.05) is 10.5 Å². The Morgan fingerprint density at radius 1 is 1.25 bits per heavy atom. The van der Waals surface area contributed by atoms with E-state index in [2.05, 4.69) is 77.7 Å². The fourth-order valence-electron chi connectivity index (χ4n) is 3.16. The van der Waals surface area contributed by atoms with E-state index in [0.717, 1.165) is 0 Å². The SMILES string of the molecule is CNC(CC1Cc2ccccc21)c1ccc(Br)c(C)c1. The smallest absolute Gasteiger partial charge is 0.0323 e. The Kier molecular flexibility index (Phi) is 3.95. The average molecular weight is 330 g/mol. The van der Waals surface area contributed by atoms with Crippen molar-refractivity contribution in [3.63, 3.8) is 0 Å². The largest absolute Gasteiger partial charge is 0.313 e. The second kappa shape index (κ2) is 5.71. The van der Waals surface area contributed by atoms with Gasteiger partial charge in [-0.2, -0.15) is 0 Å². The molecule has 1 nitrogen and oxygen atoms in total. The highest BCUT2D eigenvalue weighted by Crippen LogP contribution is 2.40. The van der Waals surface area contributed by atoms with Crippen molar-refractivity contribution in [1.82, 2.24) is 5.32 Å². The molecule has 0 aromatic heterocycles. The minimum atomic E-state index is 0.431. The minimum Gasteiger partial charge on any atom is -0.313 e. The van der Waals surface area contributed by atoms with Crippen LogP contribution in [0.4, 0.5) is 0 Å². The zero-order chi connectivity index (χ0) is 14.1. The van der Waals surface area contributed by atoms with Crippen LogP contribution < -0.4 is 5.32 Å². The van der Waals surface area contributed by atoms with Crippen molar-refractivity contribution in [2.75, 3.05) is 7.05 Å². The lowest BCUT2D eigenvalue weighted by Gasteiger charge is -2.33. The van der Waals surface area contributed by atoms with Crippen LogP contribution >= 0.6 is 15.9 Å². The van der Waals surface area contributed by atoms with Crippen LogP contribution in [-0.4, -0.2) is 7.05 Å². The Bertz CT molecular complexity index is 621. The van der Waals surface area contributed by atoms with Crippen molar-refractivity contribution in [2.45, 2.75) is 31.7 Å². The van der Waals surface area contributed by atoms with E-state index in [0.29, 0.717) is 12.0 Å². The number of halogens is 1. The highest BCUT2D eigenvalue weighted by Gasteiger charge is 2.28. The second-order valence-electron chi connectivity index (χ2n) is 5.69. The number of nitrogens with one attached hydrogen (secondary N) is 1. The van der Waals surface area contributed by atoms with E-state index >= 15 is 0 Å². The lowest BCUT2D eigenvalue weighted by molar-refractivity contribution is 0.452. The van der Waals surface area contributed by atoms with Crippen molar-refractivity contribution in [1.29, 1.82) is 0 Å². The molecule has 0 aliphatic heterocycles. The van der Waals surface area contributed by atoms with Gasteiger partial charge in [-0.25, -0.2) is 0 Å². The van der Waals surface area contributed by atoms with Gasteiger partial charge in [-0.1, -0.05) is 52.3 Å². The zero-order valence-corrected chi connectivity index (χ0v) is 13.6. The van der Waals surface area contributed by atoms with Crippen molar-refractivity contribution in [3.05, 3.63) is 69.2 Å². The fraction of sp³-hybridized carbons (Fsp3) is 0.333. The molecule has 0 bridgehead atoms. The molecule has 20 heavy (non-hydrogen) atoms. The van der Waals surface area contributed by atoms with Crippen LogP contribution in [0.25, 0.3) is 0 Å². The maximum absolute atomic E-state index is 3.58. The van der Waals surface area contributed by atoms with Crippen molar-refractivity contribution < 1.29 is 0 Å². The van der Waals surface area contributed by atoms with Gasteiger partial charge in [-0.05, 0) is 61.1 Å². The molecule has 0 saturated heterocycles. The Balaban J connectivity index is 1.77. The molecule has 2 aromatic rings. The first kappa shape index (κ1) is 13.8. The number of fused-ring (bicyclic) bond motifs is 1. The first-order valence-corrected chi connectivity index (χ1v) is 7.99. The van der Waals surface area contributed by atoms with Crippen LogP contribution in [0, 0.1) is 6.92 Å². The summed E-state index contributed by atoms with van der Waals surface area (Å²) in [4.78, 5) is 0. The normalized spacial score (nSPS) is 18.2. The third-order valence-corrected chi connectivity index (χ3v) is 5.30. The van der Waals surface area contributed by atoms with Gasteiger partial charge in [-0.3, -0.25) is 0 Å². The molecule has 2 unspecified atom stereocenters. The molecule has 0 saturated carbocycles. The molecule has 104 valence electrons. The Labute approximate surface area is 129 Å². The third kappa shape index (κ3) is 2.55. The van der Waals surface area contributed by atoms with Crippen LogP contribution in [0.1, 0.15) is 40.6 Å². The summed E-state index contributed by atoms with van der Waals surface area (Å²) in [6.07, 6.45) is 2.40. The van der Waals surface area contributed by atoms with Crippen molar-refractivity contribution >= 4 is 15.9 Å². The Morgan fingerprint density at radius 3 is 2.75 bits per heavy atom. The molecule has 2 atom stereocenters. The first-order valence-electron chi connectivity index (χ1n) is 7.20. The summed E-state index contributed by atoms with van der Waals surface area (Å²) in [5.74, 6) is 0.701. The van der Waals surface area contributed by atoms with Crippen LogP contribution in [0.2, 0.25) is 0 Å². The number of hydrogen-bond donors (Lipinski definition) is 1. The Hall–Kier alpha value is -1.12. The molecule has 2 aromatic carbocycles. The number of benzene rings is 2. The van der Waals surface area contributed by atoms with Gasteiger partial charge in [-0.15, -0.1) is 0 Å². The topological polar surface area (TPSA) is 12.0 Å². The van der Waals surface area contributed by atoms with E-state index < -0.39 is 0 Å². The van der Waals surface area contributed by atoms with E-state index in [1.165, 1.54) is 34.0 Å². The number of hydrogen-bond acceptors (Lipinski definition) is 1. The Morgan fingerprint density at radius 2 is 2.05 bits per heavy atom. The summed E-state index contributed by atoms with van der Waals surface area (Å²) in [6, 6.07) is 15.9. The molecule has 3 rings (SSSR count). The third-order valence-electron chi connectivity index (χ3n) is 4.41. The number of aryl methyl sites for hydroxylation is 1. The first-order chi connectivity index (χ1) is 9.69. The summed E-state index contributed by atoms with van der Waals surface area (Å²) in [7, 11) is 2.06. The van der Waals surface area contributed by atoms with E-state index in [1.807, 2.05) is 0 Å². The zero-order valence-electron chi connectivity index (χ0n) is 12.0. The van der Waals surface area contributed by atoms with Gasteiger partial charge in [0.2, 0.25) is 0 Å². The molecule has 2 heteroatoms. The molecule has 0 amide bonds. The van der Waals surface area contributed by atoms with Crippen LogP contribution in [0.5, 0.6) is 0 Å². The molecule has 1 aliphatic carbocycles. The monoisotopic (exact) mass is 329 g/mol. The van der Waals surface area contributed by atoms with E-state index in [9.17, 15) is 0 Å². The molecule has 0 spiro atoms. The van der Waals surface area contributed by atoms with Crippen LogP contribution in [0.3, 0.4) is 0 Å².